The molecule has 2 aromatic rings. The van der Waals surface area contributed by atoms with Gasteiger partial charge in [-0.05, 0) is 30.2 Å². The maximum absolute atomic E-state index is 13.2. The molecule has 4 rings (SSSR count). The third-order valence-electron chi connectivity index (χ3n) is 5.55. The van der Waals surface area contributed by atoms with Gasteiger partial charge in [0.25, 0.3) is 5.91 Å². The van der Waals surface area contributed by atoms with Crippen LogP contribution in [0.15, 0.2) is 58.5 Å². The second-order valence-electron chi connectivity index (χ2n) is 8.12. The number of aliphatic imine (C=N–C) groups is 2. The fourth-order valence-corrected chi connectivity index (χ4v) is 4.73. The van der Waals surface area contributed by atoms with Gasteiger partial charge >= 0.3 is 0 Å². The van der Waals surface area contributed by atoms with Crippen molar-refractivity contribution >= 4 is 57.8 Å². The van der Waals surface area contributed by atoms with Crippen LogP contribution in [0.25, 0.3) is 0 Å². The SMILES string of the molecule is CCCCNC(=O)C[C@H]1N=C2c3ccccc3N=C(SCC(=O)NCc3ccccc3Cl)N2C1=O. The number of carbonyl (C=O) groups is 3. The summed E-state index contributed by atoms with van der Waals surface area (Å²) in [6, 6.07) is 13.9. The largest absolute Gasteiger partial charge is 0.356 e. The van der Waals surface area contributed by atoms with E-state index in [1.165, 1.54) is 4.90 Å². The van der Waals surface area contributed by atoms with Crippen molar-refractivity contribution in [3.8, 4) is 0 Å². The molecule has 0 bridgehead atoms. The number of carbonyl (C=O) groups excluding carboxylic acids is 3. The second kappa shape index (κ2) is 11.5. The lowest BCUT2D eigenvalue weighted by Crippen LogP contribution is -2.42. The summed E-state index contributed by atoms with van der Waals surface area (Å²) in [6.07, 6.45) is 1.82. The van der Waals surface area contributed by atoms with Gasteiger partial charge in [-0.2, -0.15) is 0 Å². The highest BCUT2D eigenvalue weighted by Gasteiger charge is 2.42. The van der Waals surface area contributed by atoms with Crippen molar-refractivity contribution < 1.29 is 14.4 Å². The van der Waals surface area contributed by atoms with E-state index in [0.29, 0.717) is 34.8 Å². The number of unbranched alkanes of at least 4 members (excludes halogenated alkanes) is 1. The van der Waals surface area contributed by atoms with Crippen molar-refractivity contribution in [1.82, 2.24) is 15.5 Å². The summed E-state index contributed by atoms with van der Waals surface area (Å²) < 4.78 is 0. The van der Waals surface area contributed by atoms with E-state index in [-0.39, 0.29) is 29.9 Å². The van der Waals surface area contributed by atoms with E-state index < -0.39 is 6.04 Å². The lowest BCUT2D eigenvalue weighted by molar-refractivity contribution is -0.128. The van der Waals surface area contributed by atoms with Crippen LogP contribution in [0.4, 0.5) is 5.69 Å². The van der Waals surface area contributed by atoms with Crippen molar-refractivity contribution in [2.24, 2.45) is 9.98 Å². The number of hydrogen-bond donors (Lipinski definition) is 2. The lowest BCUT2D eigenvalue weighted by atomic mass is 10.1. The number of nitrogens with zero attached hydrogens (tertiary/aromatic N) is 3. The van der Waals surface area contributed by atoms with Crippen molar-refractivity contribution in [2.75, 3.05) is 12.3 Å². The Morgan fingerprint density at radius 2 is 1.86 bits per heavy atom. The molecule has 2 N–H and O–H groups in total. The summed E-state index contributed by atoms with van der Waals surface area (Å²) in [7, 11) is 0. The molecule has 0 saturated heterocycles. The van der Waals surface area contributed by atoms with E-state index in [0.717, 1.165) is 35.7 Å². The Labute approximate surface area is 213 Å². The minimum Gasteiger partial charge on any atom is -0.356 e. The summed E-state index contributed by atoms with van der Waals surface area (Å²) in [4.78, 5) is 48.7. The number of thioether (sulfide) groups is 1. The summed E-state index contributed by atoms with van der Waals surface area (Å²) in [5.41, 5.74) is 2.21. The molecule has 10 heteroatoms. The van der Waals surface area contributed by atoms with Gasteiger partial charge in [-0.25, -0.2) is 9.89 Å². The zero-order valence-corrected chi connectivity index (χ0v) is 20.9. The number of hydrogen-bond acceptors (Lipinski definition) is 6. The number of para-hydroxylation sites is 1. The predicted molar refractivity (Wildman–Crippen MR) is 139 cm³/mol. The van der Waals surface area contributed by atoms with Gasteiger partial charge in [0, 0.05) is 23.7 Å². The molecule has 35 heavy (non-hydrogen) atoms. The first kappa shape index (κ1) is 24.9. The van der Waals surface area contributed by atoms with Gasteiger partial charge < -0.3 is 10.6 Å². The molecular weight excluding hydrogens is 486 g/mol. The van der Waals surface area contributed by atoms with Crippen LogP contribution in [0.3, 0.4) is 0 Å². The number of amides is 3. The van der Waals surface area contributed by atoms with Gasteiger partial charge in [0.2, 0.25) is 11.8 Å². The quantitative estimate of drug-likeness (QED) is 0.501. The van der Waals surface area contributed by atoms with Gasteiger partial charge in [-0.3, -0.25) is 19.4 Å². The molecule has 0 aromatic heterocycles. The Balaban J connectivity index is 1.44. The van der Waals surface area contributed by atoms with Crippen molar-refractivity contribution in [1.29, 1.82) is 0 Å². The molecule has 0 saturated carbocycles. The molecule has 0 spiro atoms. The van der Waals surface area contributed by atoms with Crippen molar-refractivity contribution in [3.63, 3.8) is 0 Å². The summed E-state index contributed by atoms with van der Waals surface area (Å²) in [6.45, 7) is 2.92. The summed E-state index contributed by atoms with van der Waals surface area (Å²) in [5.74, 6) is -0.216. The fourth-order valence-electron chi connectivity index (χ4n) is 3.70. The number of benzene rings is 2. The number of halogens is 1. The normalized spacial score (nSPS) is 16.2. The third kappa shape index (κ3) is 5.91. The Hall–Kier alpha value is -3.17. The molecule has 0 unspecified atom stereocenters. The van der Waals surface area contributed by atoms with E-state index in [9.17, 15) is 14.4 Å². The van der Waals surface area contributed by atoms with Crippen LogP contribution < -0.4 is 10.6 Å². The van der Waals surface area contributed by atoms with Crippen LogP contribution in [0, 0.1) is 0 Å². The van der Waals surface area contributed by atoms with E-state index in [2.05, 4.69) is 20.6 Å². The molecule has 2 aliphatic heterocycles. The Bertz CT molecular complexity index is 1200. The minimum absolute atomic E-state index is 0.0268. The second-order valence-corrected chi connectivity index (χ2v) is 9.47. The zero-order chi connectivity index (χ0) is 24.8. The van der Waals surface area contributed by atoms with Gasteiger partial charge in [-0.15, -0.1) is 0 Å². The molecule has 2 aromatic carbocycles. The maximum atomic E-state index is 13.2. The first-order valence-electron chi connectivity index (χ1n) is 11.5. The number of amidine groups is 2. The van der Waals surface area contributed by atoms with Crippen LogP contribution in [0.2, 0.25) is 5.02 Å². The fraction of sp³-hybridized carbons (Fsp3) is 0.320. The van der Waals surface area contributed by atoms with Gasteiger partial charge in [0.05, 0.1) is 17.9 Å². The molecule has 0 fully saturated rings. The number of nitrogens with one attached hydrogen (secondary N) is 2. The average Bonchev–Trinajstić information content (AvgIpc) is 3.18. The van der Waals surface area contributed by atoms with Crippen LogP contribution in [-0.4, -0.2) is 52.0 Å². The first-order chi connectivity index (χ1) is 17.0. The molecule has 2 aliphatic rings. The Morgan fingerprint density at radius 1 is 1.09 bits per heavy atom. The van der Waals surface area contributed by atoms with Crippen molar-refractivity contribution in [3.05, 3.63) is 64.7 Å². The standard InChI is InChI=1S/C25H26ClN5O3S/c1-2-3-12-27-21(32)13-20-24(34)31-23(29-20)17-9-5-7-11-19(17)30-25(31)35-15-22(33)28-14-16-8-4-6-10-18(16)26/h4-11,20H,2-3,12-15H2,1H3,(H,27,32)(H,28,33)/t20-/m1/s1. The average molecular weight is 512 g/mol. The molecule has 8 nitrogen and oxygen atoms in total. The van der Waals surface area contributed by atoms with E-state index in [4.69, 9.17) is 11.6 Å². The highest BCUT2D eigenvalue weighted by atomic mass is 35.5. The molecule has 3 amide bonds. The Kier molecular flexibility index (Phi) is 8.20. The highest BCUT2D eigenvalue weighted by Crippen LogP contribution is 2.34. The first-order valence-corrected chi connectivity index (χ1v) is 12.8. The van der Waals surface area contributed by atoms with E-state index in [1.54, 1.807) is 6.07 Å². The topological polar surface area (TPSA) is 103 Å². The van der Waals surface area contributed by atoms with E-state index >= 15 is 0 Å². The van der Waals surface area contributed by atoms with E-state index in [1.807, 2.05) is 49.4 Å². The predicted octanol–water partition coefficient (Wildman–Crippen LogP) is 3.65. The maximum Gasteiger partial charge on any atom is 0.259 e. The highest BCUT2D eigenvalue weighted by molar-refractivity contribution is 8.14. The van der Waals surface area contributed by atoms with Gasteiger partial charge in [0.15, 0.2) is 5.17 Å². The van der Waals surface area contributed by atoms with Crippen molar-refractivity contribution in [2.45, 2.75) is 38.8 Å². The smallest absolute Gasteiger partial charge is 0.259 e. The van der Waals surface area contributed by atoms with Crippen LogP contribution in [0.1, 0.15) is 37.3 Å². The molecule has 2 heterocycles. The summed E-state index contributed by atoms with van der Waals surface area (Å²) in [5, 5.41) is 6.64. The van der Waals surface area contributed by atoms with Crippen LogP contribution in [-0.2, 0) is 20.9 Å². The monoisotopic (exact) mass is 511 g/mol. The lowest BCUT2D eigenvalue weighted by Gasteiger charge is -2.25. The molecule has 1 atom stereocenters. The third-order valence-corrected chi connectivity index (χ3v) is 6.85. The number of rotatable bonds is 9. The summed E-state index contributed by atoms with van der Waals surface area (Å²) >= 11 is 7.31. The number of fused-ring (bicyclic) bond motifs is 3. The minimum atomic E-state index is -0.822. The molecule has 0 aliphatic carbocycles. The molecular formula is C25H26ClN5O3S. The van der Waals surface area contributed by atoms with Gasteiger partial charge in [0.1, 0.15) is 11.9 Å². The molecule has 0 radical (unpaired) electrons. The Morgan fingerprint density at radius 3 is 2.66 bits per heavy atom. The zero-order valence-electron chi connectivity index (χ0n) is 19.3. The van der Waals surface area contributed by atoms with Crippen LogP contribution >= 0.6 is 23.4 Å². The van der Waals surface area contributed by atoms with Crippen LogP contribution in [0.5, 0.6) is 0 Å². The molecule has 182 valence electrons. The van der Waals surface area contributed by atoms with Gasteiger partial charge in [-0.1, -0.05) is 67.0 Å².